The Labute approximate surface area is 120 Å². The number of likely N-dealkylation sites (tertiary alicyclic amines) is 1. The fraction of sp³-hybridized carbons (Fsp3) is 0.500. The summed E-state index contributed by atoms with van der Waals surface area (Å²) >= 11 is 3.42. The molecule has 1 aromatic carbocycles. The van der Waals surface area contributed by atoms with Crippen LogP contribution in [-0.4, -0.2) is 40.0 Å². The number of ether oxygens (including phenoxy) is 1. The van der Waals surface area contributed by atoms with E-state index < -0.39 is 6.10 Å². The van der Waals surface area contributed by atoms with E-state index in [2.05, 4.69) is 15.9 Å². The number of methoxy groups -OCH3 is 1. The molecular formula is C14H16BrNO3. The van der Waals surface area contributed by atoms with Gasteiger partial charge in [0.25, 0.3) is 0 Å². The van der Waals surface area contributed by atoms with Crippen molar-refractivity contribution in [3.05, 3.63) is 29.8 Å². The highest BCUT2D eigenvalue weighted by Crippen LogP contribution is 2.43. The number of benzene rings is 1. The SMILES string of the molecule is COc1ccc(CN2C(=O)[C@H]3C[C@@H]2[C@H](O)[C@H]3Br)cc1. The molecule has 0 unspecified atom stereocenters. The third-order valence-corrected chi connectivity index (χ3v) is 5.29. The first kappa shape index (κ1) is 12.9. The smallest absolute Gasteiger partial charge is 0.227 e. The van der Waals surface area contributed by atoms with Crippen LogP contribution in [0.25, 0.3) is 0 Å². The second-order valence-electron chi connectivity index (χ2n) is 5.16. The van der Waals surface area contributed by atoms with Crippen LogP contribution in [0.2, 0.25) is 0 Å². The summed E-state index contributed by atoms with van der Waals surface area (Å²) < 4.78 is 5.11. The summed E-state index contributed by atoms with van der Waals surface area (Å²) in [4.78, 5) is 13.9. The molecule has 1 aliphatic carbocycles. The minimum atomic E-state index is -0.457. The van der Waals surface area contributed by atoms with Crippen LogP contribution in [0.4, 0.5) is 0 Å². The zero-order chi connectivity index (χ0) is 13.6. The zero-order valence-electron chi connectivity index (χ0n) is 10.6. The van der Waals surface area contributed by atoms with E-state index in [0.717, 1.165) is 17.7 Å². The first-order chi connectivity index (χ1) is 9.11. The molecule has 2 bridgehead atoms. The van der Waals surface area contributed by atoms with E-state index in [1.165, 1.54) is 0 Å². The zero-order valence-corrected chi connectivity index (χ0v) is 12.2. The maximum absolute atomic E-state index is 12.2. The van der Waals surface area contributed by atoms with E-state index in [-0.39, 0.29) is 22.7 Å². The van der Waals surface area contributed by atoms with E-state index >= 15 is 0 Å². The lowest BCUT2D eigenvalue weighted by Crippen LogP contribution is -2.49. The van der Waals surface area contributed by atoms with Crippen LogP contribution in [0, 0.1) is 5.92 Å². The number of halogens is 1. The number of hydrogen-bond donors (Lipinski definition) is 1. The van der Waals surface area contributed by atoms with Crippen molar-refractivity contribution in [3.63, 3.8) is 0 Å². The molecule has 1 amide bonds. The van der Waals surface area contributed by atoms with Crippen molar-refractivity contribution in [2.24, 2.45) is 5.92 Å². The number of rotatable bonds is 3. The fourth-order valence-corrected chi connectivity index (χ4v) is 3.82. The molecule has 2 aliphatic rings. The second-order valence-corrected chi connectivity index (χ2v) is 6.22. The van der Waals surface area contributed by atoms with Crippen molar-refractivity contribution in [3.8, 4) is 5.75 Å². The Bertz CT molecular complexity index is 490. The molecule has 102 valence electrons. The molecule has 3 rings (SSSR count). The molecule has 1 saturated heterocycles. The molecule has 0 spiro atoms. The van der Waals surface area contributed by atoms with Crippen LogP contribution in [0.15, 0.2) is 24.3 Å². The quantitative estimate of drug-likeness (QED) is 0.858. The number of aliphatic hydroxyl groups is 1. The van der Waals surface area contributed by atoms with Gasteiger partial charge in [-0.25, -0.2) is 0 Å². The van der Waals surface area contributed by atoms with E-state index in [1.54, 1.807) is 12.0 Å². The maximum Gasteiger partial charge on any atom is 0.227 e. The normalized spacial score (nSPS) is 33.0. The van der Waals surface area contributed by atoms with Gasteiger partial charge in [-0.2, -0.15) is 0 Å². The molecule has 1 aromatic rings. The number of amides is 1. The lowest BCUT2D eigenvalue weighted by molar-refractivity contribution is -0.137. The van der Waals surface area contributed by atoms with Crippen LogP contribution >= 0.6 is 15.9 Å². The molecule has 5 heteroatoms. The van der Waals surface area contributed by atoms with Crippen LogP contribution in [-0.2, 0) is 11.3 Å². The average Bonchev–Trinajstić information content (AvgIpc) is 2.89. The number of fused-ring (bicyclic) bond motifs is 2. The number of aliphatic hydroxyl groups excluding tert-OH is 1. The van der Waals surface area contributed by atoms with Crippen molar-refractivity contribution >= 4 is 21.8 Å². The van der Waals surface area contributed by atoms with Crippen molar-refractivity contribution in [2.45, 2.75) is 29.9 Å². The molecule has 1 N–H and O–H groups in total. The molecule has 1 saturated carbocycles. The van der Waals surface area contributed by atoms with E-state index in [4.69, 9.17) is 4.74 Å². The topological polar surface area (TPSA) is 49.8 Å². The minimum absolute atomic E-state index is 0.0519. The number of carbonyl (C=O) groups excluding carboxylic acids is 1. The Kier molecular flexibility index (Phi) is 3.27. The molecule has 4 nitrogen and oxygen atoms in total. The Morgan fingerprint density at radius 3 is 2.68 bits per heavy atom. The predicted molar refractivity (Wildman–Crippen MR) is 74.2 cm³/mol. The largest absolute Gasteiger partial charge is 0.497 e. The van der Waals surface area contributed by atoms with E-state index in [0.29, 0.717) is 6.54 Å². The maximum atomic E-state index is 12.2. The molecule has 4 atom stereocenters. The summed E-state index contributed by atoms with van der Waals surface area (Å²) in [6, 6.07) is 7.63. The highest BCUT2D eigenvalue weighted by molar-refractivity contribution is 9.09. The van der Waals surface area contributed by atoms with Crippen LogP contribution in [0.1, 0.15) is 12.0 Å². The van der Waals surface area contributed by atoms with Crippen LogP contribution in [0.5, 0.6) is 5.75 Å². The van der Waals surface area contributed by atoms with Gasteiger partial charge in [-0.3, -0.25) is 4.79 Å². The number of carbonyl (C=O) groups is 1. The lowest BCUT2D eigenvalue weighted by Gasteiger charge is -2.33. The third kappa shape index (κ3) is 2.05. The predicted octanol–water partition coefficient (Wildman–Crippen LogP) is 1.55. The summed E-state index contributed by atoms with van der Waals surface area (Å²) in [5.41, 5.74) is 1.06. The van der Waals surface area contributed by atoms with Gasteiger partial charge in [0.2, 0.25) is 5.91 Å². The van der Waals surface area contributed by atoms with Gasteiger partial charge in [-0.05, 0) is 24.1 Å². The lowest BCUT2D eigenvalue weighted by atomic mass is 10.1. The number of nitrogens with zero attached hydrogens (tertiary/aromatic N) is 1. The van der Waals surface area contributed by atoms with Crippen molar-refractivity contribution in [2.75, 3.05) is 7.11 Å². The van der Waals surface area contributed by atoms with Crippen molar-refractivity contribution in [1.29, 1.82) is 0 Å². The Morgan fingerprint density at radius 1 is 1.42 bits per heavy atom. The van der Waals surface area contributed by atoms with Gasteiger partial charge in [0.1, 0.15) is 5.75 Å². The van der Waals surface area contributed by atoms with Gasteiger partial charge >= 0.3 is 0 Å². The van der Waals surface area contributed by atoms with E-state index in [1.807, 2.05) is 24.3 Å². The van der Waals surface area contributed by atoms with Gasteiger partial charge < -0.3 is 14.7 Å². The van der Waals surface area contributed by atoms with Gasteiger partial charge in [0.15, 0.2) is 0 Å². The van der Waals surface area contributed by atoms with Gasteiger partial charge in [0.05, 0.1) is 30.0 Å². The second kappa shape index (κ2) is 4.80. The summed E-state index contributed by atoms with van der Waals surface area (Å²) in [5.74, 6) is 0.879. The van der Waals surface area contributed by atoms with Crippen LogP contribution in [0.3, 0.4) is 0 Å². The van der Waals surface area contributed by atoms with Crippen molar-refractivity contribution < 1.29 is 14.6 Å². The Balaban J connectivity index is 1.75. The molecule has 1 heterocycles. The highest BCUT2D eigenvalue weighted by Gasteiger charge is 2.55. The molecule has 0 aromatic heterocycles. The third-order valence-electron chi connectivity index (χ3n) is 4.11. The summed E-state index contributed by atoms with van der Waals surface area (Å²) in [7, 11) is 1.63. The fourth-order valence-electron chi connectivity index (χ4n) is 3.03. The van der Waals surface area contributed by atoms with Gasteiger partial charge in [0, 0.05) is 6.54 Å². The number of alkyl halides is 1. The Morgan fingerprint density at radius 2 is 2.11 bits per heavy atom. The molecule has 2 fully saturated rings. The van der Waals surface area contributed by atoms with Gasteiger partial charge in [-0.1, -0.05) is 28.1 Å². The number of piperidine rings is 1. The van der Waals surface area contributed by atoms with Crippen LogP contribution < -0.4 is 4.74 Å². The van der Waals surface area contributed by atoms with Gasteiger partial charge in [-0.15, -0.1) is 0 Å². The Hall–Kier alpha value is -1.07. The van der Waals surface area contributed by atoms with E-state index in [9.17, 15) is 9.90 Å². The molecule has 19 heavy (non-hydrogen) atoms. The first-order valence-corrected chi connectivity index (χ1v) is 7.29. The summed E-state index contributed by atoms with van der Waals surface area (Å²) in [6.07, 6.45) is 0.299. The molecular weight excluding hydrogens is 310 g/mol. The minimum Gasteiger partial charge on any atom is -0.497 e. The first-order valence-electron chi connectivity index (χ1n) is 6.37. The monoisotopic (exact) mass is 325 g/mol. The highest BCUT2D eigenvalue weighted by atomic mass is 79.9. The molecule has 1 aliphatic heterocycles. The summed E-state index contributed by atoms with van der Waals surface area (Å²) in [5, 5.41) is 10.1. The average molecular weight is 326 g/mol. The number of hydrogen-bond acceptors (Lipinski definition) is 3. The van der Waals surface area contributed by atoms with Crippen molar-refractivity contribution in [1.82, 2.24) is 4.90 Å². The molecule has 0 radical (unpaired) electrons. The standard InChI is InChI=1S/C14H16BrNO3/c1-19-9-4-2-8(3-5-9)7-16-11-6-10(14(16)18)12(15)13(11)17/h2-5,10-13,17H,6-7H2,1H3/t10-,11+,12-,13-/m0/s1. The summed E-state index contributed by atoms with van der Waals surface area (Å²) in [6.45, 7) is 0.556.